The Hall–Kier alpha value is -4.05. The Kier molecular flexibility index (Phi) is 12.0. The molecule has 0 aliphatic heterocycles. The maximum absolute atomic E-state index is 14.7. The fourth-order valence-electron chi connectivity index (χ4n) is 5.13. The van der Waals surface area contributed by atoms with Crippen molar-refractivity contribution < 1.29 is 22.7 Å². The monoisotopic (exact) mass is 695 g/mol. The molecule has 0 radical (unpaired) electrons. The number of benzene rings is 4. The van der Waals surface area contributed by atoms with Crippen LogP contribution in [0.5, 0.6) is 5.75 Å². The average Bonchev–Trinajstić information content (AvgIpc) is 3.03. The van der Waals surface area contributed by atoms with Crippen LogP contribution in [0.3, 0.4) is 0 Å². The highest BCUT2D eigenvalue weighted by molar-refractivity contribution is 7.92. The van der Waals surface area contributed by atoms with Gasteiger partial charge in [0.05, 0.1) is 17.7 Å². The minimum Gasteiger partial charge on any atom is -0.495 e. The van der Waals surface area contributed by atoms with Crippen molar-refractivity contribution in [2.45, 2.75) is 57.6 Å². The Morgan fingerprint density at radius 2 is 1.47 bits per heavy atom. The smallest absolute Gasteiger partial charge is 0.264 e. The van der Waals surface area contributed by atoms with Gasteiger partial charge in [-0.25, -0.2) is 8.42 Å². The number of aryl methyl sites for hydroxylation is 2. The van der Waals surface area contributed by atoms with Gasteiger partial charge in [-0.15, -0.1) is 0 Å². The summed E-state index contributed by atoms with van der Waals surface area (Å²) in [4.78, 5) is 30.0. The normalized spacial score (nSPS) is 12.0. The number of nitrogens with zero attached hydrogens (tertiary/aromatic N) is 2. The van der Waals surface area contributed by atoms with Gasteiger partial charge in [-0.2, -0.15) is 0 Å². The number of methoxy groups -OCH3 is 1. The van der Waals surface area contributed by atoms with Crippen molar-refractivity contribution in [1.29, 1.82) is 0 Å². The first-order chi connectivity index (χ1) is 22.3. The Labute approximate surface area is 287 Å². The van der Waals surface area contributed by atoms with E-state index in [2.05, 4.69) is 5.32 Å². The Balaban J connectivity index is 1.89. The molecule has 11 heteroatoms. The maximum atomic E-state index is 14.7. The number of ether oxygens (including phenoxy) is 1. The fourth-order valence-corrected chi connectivity index (χ4v) is 7.07. The van der Waals surface area contributed by atoms with Crippen LogP contribution in [-0.4, -0.2) is 50.9 Å². The van der Waals surface area contributed by atoms with Crippen molar-refractivity contribution in [2.75, 3.05) is 18.0 Å². The summed E-state index contributed by atoms with van der Waals surface area (Å²) in [5, 5.41) is 3.55. The number of carbonyl (C=O) groups excluding carboxylic acids is 2. The first-order valence-electron chi connectivity index (χ1n) is 15.1. The van der Waals surface area contributed by atoms with Crippen molar-refractivity contribution >= 4 is 50.7 Å². The second-order valence-corrected chi connectivity index (χ2v) is 14.3. The van der Waals surface area contributed by atoms with E-state index in [0.29, 0.717) is 15.6 Å². The van der Waals surface area contributed by atoms with E-state index in [9.17, 15) is 18.0 Å². The van der Waals surface area contributed by atoms with Gasteiger partial charge in [-0.05, 0) is 75.2 Å². The molecule has 4 rings (SSSR count). The summed E-state index contributed by atoms with van der Waals surface area (Å²) >= 11 is 13.2. The molecule has 0 bridgehead atoms. The molecule has 1 unspecified atom stereocenters. The number of rotatable bonds is 13. The lowest BCUT2D eigenvalue weighted by Gasteiger charge is -2.34. The zero-order valence-corrected chi connectivity index (χ0v) is 29.4. The third kappa shape index (κ3) is 8.86. The molecule has 8 nitrogen and oxygen atoms in total. The van der Waals surface area contributed by atoms with Crippen LogP contribution >= 0.6 is 23.2 Å². The molecule has 2 amide bonds. The van der Waals surface area contributed by atoms with Gasteiger partial charge < -0.3 is 15.0 Å². The van der Waals surface area contributed by atoms with Crippen LogP contribution in [0.4, 0.5) is 5.69 Å². The Morgan fingerprint density at radius 3 is 2.06 bits per heavy atom. The Morgan fingerprint density at radius 1 is 0.851 bits per heavy atom. The molecule has 0 spiro atoms. The van der Waals surface area contributed by atoms with Crippen LogP contribution in [0.25, 0.3) is 0 Å². The van der Waals surface area contributed by atoms with E-state index in [-0.39, 0.29) is 35.3 Å². The lowest BCUT2D eigenvalue weighted by molar-refractivity contribution is -0.140. The highest BCUT2D eigenvalue weighted by Crippen LogP contribution is 2.34. The molecule has 4 aromatic carbocycles. The zero-order chi connectivity index (χ0) is 34.3. The lowest BCUT2D eigenvalue weighted by Crippen LogP contribution is -2.54. The van der Waals surface area contributed by atoms with E-state index in [1.165, 1.54) is 24.1 Å². The van der Waals surface area contributed by atoms with Crippen molar-refractivity contribution in [2.24, 2.45) is 0 Å². The third-order valence-corrected chi connectivity index (χ3v) is 10.1. The summed E-state index contributed by atoms with van der Waals surface area (Å²) < 4.78 is 35.3. The standard InChI is InChI=1S/C36H39Cl2N3O5S/c1-24(2)39-36(43)33(21-27-10-7-6-8-11-27)40(22-29-30(37)12-9-13-31(29)38)35(42)23-41(32-20-26(4)16-19-34(32)46-5)47(44,45)28-17-14-25(3)15-18-28/h6-20,24,33H,21-23H2,1-5H3,(H,39,43). The number of nitrogens with one attached hydrogen (secondary N) is 1. The molecule has 47 heavy (non-hydrogen) atoms. The van der Waals surface area contributed by atoms with E-state index in [1.54, 1.807) is 48.5 Å². The van der Waals surface area contributed by atoms with E-state index in [0.717, 1.165) is 21.0 Å². The van der Waals surface area contributed by atoms with Crippen LogP contribution in [0.1, 0.15) is 36.1 Å². The van der Waals surface area contributed by atoms with Crippen LogP contribution in [0.2, 0.25) is 10.0 Å². The highest BCUT2D eigenvalue weighted by Gasteiger charge is 2.36. The van der Waals surface area contributed by atoms with Gasteiger partial charge in [0.1, 0.15) is 18.3 Å². The Bertz CT molecular complexity index is 1800. The number of halogens is 2. The molecule has 1 atom stereocenters. The quantitative estimate of drug-likeness (QED) is 0.163. The molecular weight excluding hydrogens is 657 g/mol. The predicted molar refractivity (Wildman–Crippen MR) is 188 cm³/mol. The predicted octanol–water partition coefficient (Wildman–Crippen LogP) is 6.98. The average molecular weight is 697 g/mol. The van der Waals surface area contributed by atoms with Crippen LogP contribution in [-0.2, 0) is 32.6 Å². The molecule has 0 saturated heterocycles. The summed E-state index contributed by atoms with van der Waals surface area (Å²) in [5.74, 6) is -0.778. The molecule has 0 aliphatic carbocycles. The van der Waals surface area contributed by atoms with Gasteiger partial charge in [0.2, 0.25) is 11.8 Å². The topological polar surface area (TPSA) is 96.0 Å². The van der Waals surface area contributed by atoms with E-state index < -0.39 is 34.4 Å². The van der Waals surface area contributed by atoms with Crippen LogP contribution in [0.15, 0.2) is 95.9 Å². The number of amides is 2. The highest BCUT2D eigenvalue weighted by atomic mass is 35.5. The van der Waals surface area contributed by atoms with Crippen molar-refractivity contribution in [3.63, 3.8) is 0 Å². The summed E-state index contributed by atoms with van der Waals surface area (Å²) in [6, 6.07) is 24.5. The maximum Gasteiger partial charge on any atom is 0.264 e. The number of hydrogen-bond acceptors (Lipinski definition) is 5. The first-order valence-corrected chi connectivity index (χ1v) is 17.3. The summed E-state index contributed by atoms with van der Waals surface area (Å²) in [5.41, 5.74) is 3.06. The second kappa shape index (κ2) is 15.7. The van der Waals surface area contributed by atoms with Gasteiger partial charge >= 0.3 is 0 Å². The fraction of sp³-hybridized carbons (Fsp3) is 0.278. The molecule has 0 saturated carbocycles. The minimum absolute atomic E-state index is 0.00135. The lowest BCUT2D eigenvalue weighted by atomic mass is 10.0. The second-order valence-electron chi connectivity index (χ2n) is 11.6. The molecular formula is C36H39Cl2N3O5S. The summed E-state index contributed by atoms with van der Waals surface area (Å²) in [7, 11) is -2.87. The van der Waals surface area contributed by atoms with Crippen molar-refractivity contribution in [1.82, 2.24) is 10.2 Å². The van der Waals surface area contributed by atoms with E-state index in [1.807, 2.05) is 58.0 Å². The number of hydrogen-bond donors (Lipinski definition) is 1. The van der Waals surface area contributed by atoms with E-state index >= 15 is 0 Å². The molecule has 4 aromatic rings. The summed E-state index contributed by atoms with van der Waals surface area (Å²) in [6.45, 7) is 6.54. The third-order valence-electron chi connectivity index (χ3n) is 7.58. The van der Waals surface area contributed by atoms with Crippen molar-refractivity contribution in [3.8, 4) is 5.75 Å². The number of sulfonamides is 1. The van der Waals surface area contributed by atoms with Crippen LogP contribution < -0.4 is 14.4 Å². The van der Waals surface area contributed by atoms with Gasteiger partial charge in [0.15, 0.2) is 0 Å². The van der Waals surface area contributed by atoms with Gasteiger partial charge in [0.25, 0.3) is 10.0 Å². The molecule has 0 aliphatic rings. The molecule has 1 N–H and O–H groups in total. The largest absolute Gasteiger partial charge is 0.495 e. The molecule has 0 fully saturated rings. The van der Waals surface area contributed by atoms with Gasteiger partial charge in [-0.3, -0.25) is 13.9 Å². The number of anilines is 1. The minimum atomic E-state index is -4.31. The zero-order valence-electron chi connectivity index (χ0n) is 27.0. The number of carbonyl (C=O) groups is 2. The van der Waals surface area contributed by atoms with E-state index in [4.69, 9.17) is 27.9 Å². The van der Waals surface area contributed by atoms with Crippen molar-refractivity contribution in [3.05, 3.63) is 123 Å². The van der Waals surface area contributed by atoms with Gasteiger partial charge in [0, 0.05) is 34.6 Å². The van der Waals surface area contributed by atoms with Gasteiger partial charge in [-0.1, -0.05) is 83.4 Å². The SMILES string of the molecule is COc1ccc(C)cc1N(CC(=O)N(Cc1c(Cl)cccc1Cl)C(Cc1ccccc1)C(=O)NC(C)C)S(=O)(=O)c1ccc(C)cc1. The van der Waals surface area contributed by atoms with Crippen LogP contribution in [0, 0.1) is 13.8 Å². The summed E-state index contributed by atoms with van der Waals surface area (Å²) in [6.07, 6.45) is 0.158. The first kappa shape index (κ1) is 35.8. The molecule has 0 aromatic heterocycles. The molecule has 248 valence electrons. The molecule has 0 heterocycles.